The van der Waals surface area contributed by atoms with E-state index in [0.29, 0.717) is 11.9 Å². The number of carboxylic acids is 1. The quantitative estimate of drug-likeness (QED) is 0.849. The van der Waals surface area contributed by atoms with E-state index in [0.717, 1.165) is 19.4 Å². The molecule has 1 atom stereocenters. The van der Waals surface area contributed by atoms with Crippen molar-refractivity contribution in [3.05, 3.63) is 17.8 Å². The molecule has 0 radical (unpaired) electrons. The largest absolute Gasteiger partial charge is 0.476 e. The highest BCUT2D eigenvalue weighted by atomic mass is 16.4. The molecule has 1 N–H and O–H groups in total. The van der Waals surface area contributed by atoms with Crippen LogP contribution >= 0.6 is 0 Å². The number of hydrogen-bond donors (Lipinski definition) is 1. The lowest BCUT2D eigenvalue weighted by Gasteiger charge is -2.25. The zero-order valence-electron chi connectivity index (χ0n) is 9.51. The van der Waals surface area contributed by atoms with Gasteiger partial charge in [-0.25, -0.2) is 9.78 Å². The van der Waals surface area contributed by atoms with E-state index in [1.807, 2.05) is 0 Å². The number of carboxylic acid groups (broad SMARTS) is 1. The van der Waals surface area contributed by atoms with Gasteiger partial charge < -0.3 is 9.52 Å². The molecule has 0 aromatic carbocycles. The lowest BCUT2D eigenvalue weighted by Crippen LogP contribution is -2.30. The molecule has 5 heteroatoms. The highest BCUT2D eigenvalue weighted by Gasteiger charge is 2.31. The van der Waals surface area contributed by atoms with E-state index in [-0.39, 0.29) is 11.7 Å². The molecule has 0 amide bonds. The highest BCUT2D eigenvalue weighted by Crippen LogP contribution is 2.32. The molecule has 0 bridgehead atoms. The number of aromatic carboxylic acids is 1. The topological polar surface area (TPSA) is 66.6 Å². The normalized spacial score (nSPS) is 21.8. The molecular formula is C11H16N2O3. The molecule has 1 fully saturated rings. The fourth-order valence-corrected chi connectivity index (χ4v) is 2.21. The Morgan fingerprint density at radius 3 is 3.00 bits per heavy atom. The Balaban J connectivity index is 2.19. The first kappa shape index (κ1) is 11.1. The second-order valence-corrected chi connectivity index (χ2v) is 4.37. The number of rotatable bonds is 3. The number of likely N-dealkylation sites (tertiary alicyclic amines) is 1. The molecule has 2 rings (SSSR count). The second-order valence-electron chi connectivity index (χ2n) is 4.37. The van der Waals surface area contributed by atoms with Crippen LogP contribution in [0.5, 0.6) is 0 Å². The van der Waals surface area contributed by atoms with Gasteiger partial charge in [0.15, 0.2) is 5.69 Å². The van der Waals surface area contributed by atoms with Crippen LogP contribution in [0.3, 0.4) is 0 Å². The van der Waals surface area contributed by atoms with E-state index in [1.54, 1.807) is 0 Å². The van der Waals surface area contributed by atoms with Gasteiger partial charge in [0.25, 0.3) is 0 Å². The van der Waals surface area contributed by atoms with Crippen LogP contribution in [-0.4, -0.2) is 33.5 Å². The first-order chi connectivity index (χ1) is 7.59. The van der Waals surface area contributed by atoms with E-state index in [9.17, 15) is 4.79 Å². The van der Waals surface area contributed by atoms with Crippen molar-refractivity contribution in [2.24, 2.45) is 0 Å². The summed E-state index contributed by atoms with van der Waals surface area (Å²) in [6.45, 7) is 5.27. The molecule has 16 heavy (non-hydrogen) atoms. The van der Waals surface area contributed by atoms with E-state index >= 15 is 0 Å². The summed E-state index contributed by atoms with van der Waals surface area (Å²) >= 11 is 0. The summed E-state index contributed by atoms with van der Waals surface area (Å²) in [5.74, 6) is -0.507. The van der Waals surface area contributed by atoms with Gasteiger partial charge in [-0.2, -0.15) is 0 Å². The van der Waals surface area contributed by atoms with Crippen LogP contribution in [0.15, 0.2) is 10.7 Å². The minimum Gasteiger partial charge on any atom is -0.476 e. The third-order valence-corrected chi connectivity index (χ3v) is 2.98. The van der Waals surface area contributed by atoms with Gasteiger partial charge in [-0.3, -0.25) is 4.90 Å². The molecule has 1 aliphatic heterocycles. The van der Waals surface area contributed by atoms with Gasteiger partial charge in [-0.1, -0.05) is 0 Å². The van der Waals surface area contributed by atoms with Crippen LogP contribution in [0, 0.1) is 0 Å². The summed E-state index contributed by atoms with van der Waals surface area (Å²) in [5.41, 5.74) is -0.00870. The first-order valence-corrected chi connectivity index (χ1v) is 5.54. The van der Waals surface area contributed by atoms with Crippen LogP contribution in [0.1, 0.15) is 49.1 Å². The van der Waals surface area contributed by atoms with Crippen molar-refractivity contribution in [3.63, 3.8) is 0 Å². The predicted octanol–water partition coefficient (Wildman–Crippen LogP) is 1.92. The molecule has 0 saturated carbocycles. The van der Waals surface area contributed by atoms with Gasteiger partial charge >= 0.3 is 5.97 Å². The maximum atomic E-state index is 10.7. The molecule has 1 aliphatic rings. The summed E-state index contributed by atoms with van der Waals surface area (Å²) in [6, 6.07) is 0.556. The summed E-state index contributed by atoms with van der Waals surface area (Å²) in [7, 11) is 0. The van der Waals surface area contributed by atoms with Gasteiger partial charge in [0.2, 0.25) is 5.89 Å². The molecule has 2 heterocycles. The lowest BCUT2D eigenvalue weighted by atomic mass is 10.2. The third-order valence-electron chi connectivity index (χ3n) is 2.98. The van der Waals surface area contributed by atoms with Crippen LogP contribution in [-0.2, 0) is 0 Å². The summed E-state index contributed by atoms with van der Waals surface area (Å²) in [5, 5.41) is 8.78. The van der Waals surface area contributed by atoms with Crippen molar-refractivity contribution in [2.45, 2.75) is 38.8 Å². The SMILES string of the molecule is CC(C)N1CCCC1c1nc(C(=O)O)co1. The third kappa shape index (κ3) is 1.95. The summed E-state index contributed by atoms with van der Waals surface area (Å²) < 4.78 is 5.26. The van der Waals surface area contributed by atoms with Crippen molar-refractivity contribution < 1.29 is 14.3 Å². The Kier molecular flexibility index (Phi) is 2.96. The zero-order valence-corrected chi connectivity index (χ0v) is 9.51. The Labute approximate surface area is 94.1 Å². The van der Waals surface area contributed by atoms with Gasteiger partial charge in [-0.15, -0.1) is 0 Å². The van der Waals surface area contributed by atoms with Crippen LogP contribution in [0.2, 0.25) is 0 Å². The van der Waals surface area contributed by atoms with E-state index in [4.69, 9.17) is 9.52 Å². The fourth-order valence-electron chi connectivity index (χ4n) is 2.21. The summed E-state index contributed by atoms with van der Waals surface area (Å²) in [4.78, 5) is 17.0. The van der Waals surface area contributed by atoms with Crippen molar-refractivity contribution in [1.29, 1.82) is 0 Å². The second kappa shape index (κ2) is 4.25. The monoisotopic (exact) mass is 224 g/mol. The molecule has 1 saturated heterocycles. The minimum absolute atomic E-state index is 0.00870. The zero-order chi connectivity index (χ0) is 11.7. The first-order valence-electron chi connectivity index (χ1n) is 5.54. The van der Waals surface area contributed by atoms with Crippen molar-refractivity contribution in [1.82, 2.24) is 9.88 Å². The van der Waals surface area contributed by atoms with Crippen LogP contribution < -0.4 is 0 Å². The molecule has 1 unspecified atom stereocenters. The molecule has 88 valence electrons. The Bertz CT molecular complexity index is 386. The van der Waals surface area contributed by atoms with Crippen LogP contribution in [0.4, 0.5) is 0 Å². The van der Waals surface area contributed by atoms with Crippen molar-refractivity contribution in [2.75, 3.05) is 6.54 Å². The Hall–Kier alpha value is -1.36. The minimum atomic E-state index is -1.04. The number of oxazole rings is 1. The van der Waals surface area contributed by atoms with Crippen molar-refractivity contribution in [3.8, 4) is 0 Å². The number of carbonyl (C=O) groups is 1. The molecule has 5 nitrogen and oxygen atoms in total. The van der Waals surface area contributed by atoms with Gasteiger partial charge in [-0.05, 0) is 33.2 Å². The lowest BCUT2D eigenvalue weighted by molar-refractivity contribution is 0.0690. The van der Waals surface area contributed by atoms with E-state index in [2.05, 4.69) is 23.7 Å². The smallest absolute Gasteiger partial charge is 0.357 e. The van der Waals surface area contributed by atoms with Gasteiger partial charge in [0.05, 0.1) is 6.04 Å². The predicted molar refractivity (Wildman–Crippen MR) is 57.3 cm³/mol. The molecular weight excluding hydrogens is 208 g/mol. The van der Waals surface area contributed by atoms with Crippen molar-refractivity contribution >= 4 is 5.97 Å². The molecule has 1 aromatic heterocycles. The maximum absolute atomic E-state index is 10.7. The number of hydrogen-bond acceptors (Lipinski definition) is 4. The van der Waals surface area contributed by atoms with Crippen LogP contribution in [0.25, 0.3) is 0 Å². The average Bonchev–Trinajstić information content (AvgIpc) is 2.86. The highest BCUT2D eigenvalue weighted by molar-refractivity contribution is 5.84. The number of aromatic nitrogens is 1. The fraction of sp³-hybridized carbons (Fsp3) is 0.636. The molecule has 0 spiro atoms. The number of nitrogens with zero attached hydrogens (tertiary/aromatic N) is 2. The standard InChI is InChI=1S/C11H16N2O3/c1-7(2)13-5-3-4-9(13)10-12-8(6-16-10)11(14)15/h6-7,9H,3-5H2,1-2H3,(H,14,15). The maximum Gasteiger partial charge on any atom is 0.357 e. The van der Waals surface area contributed by atoms with E-state index < -0.39 is 5.97 Å². The Morgan fingerprint density at radius 2 is 2.44 bits per heavy atom. The van der Waals surface area contributed by atoms with Gasteiger partial charge in [0, 0.05) is 6.04 Å². The molecule has 0 aliphatic carbocycles. The van der Waals surface area contributed by atoms with E-state index in [1.165, 1.54) is 6.26 Å². The van der Waals surface area contributed by atoms with Gasteiger partial charge in [0.1, 0.15) is 6.26 Å². The molecule has 1 aromatic rings. The summed E-state index contributed by atoms with van der Waals surface area (Å²) in [6.07, 6.45) is 3.31. The average molecular weight is 224 g/mol. The Morgan fingerprint density at radius 1 is 1.69 bits per heavy atom.